The largest absolute Gasteiger partial charge is 0.494 e. The third kappa shape index (κ3) is 5.10. The summed E-state index contributed by atoms with van der Waals surface area (Å²) < 4.78 is 18.4. The van der Waals surface area contributed by atoms with Gasteiger partial charge in [0.05, 0.1) is 18.4 Å². The van der Waals surface area contributed by atoms with Gasteiger partial charge in [-0.2, -0.15) is 5.10 Å². The molecule has 192 valence electrons. The smallest absolute Gasteiger partial charge is 0.213 e. The number of rotatable bonds is 9. The second-order valence-electron chi connectivity index (χ2n) is 9.72. The molecule has 0 N–H and O–H groups in total. The van der Waals surface area contributed by atoms with Crippen LogP contribution in [0.2, 0.25) is 0 Å². The van der Waals surface area contributed by atoms with Crippen molar-refractivity contribution in [2.45, 2.75) is 45.1 Å². The number of hydrogen-bond donors (Lipinski definition) is 0. The lowest BCUT2D eigenvalue weighted by Gasteiger charge is -2.38. The van der Waals surface area contributed by atoms with Crippen molar-refractivity contribution in [3.8, 4) is 17.2 Å². The summed E-state index contributed by atoms with van der Waals surface area (Å²) in [6.45, 7) is 3.46. The van der Waals surface area contributed by atoms with E-state index in [1.165, 1.54) is 5.56 Å². The molecule has 0 amide bonds. The summed E-state index contributed by atoms with van der Waals surface area (Å²) in [4.78, 5) is 0. The van der Waals surface area contributed by atoms with Gasteiger partial charge in [-0.15, -0.1) is 0 Å². The highest BCUT2D eigenvalue weighted by Gasteiger charge is 2.40. The molecule has 5 nitrogen and oxygen atoms in total. The second kappa shape index (κ2) is 11.0. The first-order valence-corrected chi connectivity index (χ1v) is 13.4. The zero-order valence-corrected chi connectivity index (χ0v) is 21.6. The molecule has 0 aromatic heterocycles. The maximum Gasteiger partial charge on any atom is 0.213 e. The highest BCUT2D eigenvalue weighted by molar-refractivity contribution is 6.02. The molecule has 4 aromatic carbocycles. The van der Waals surface area contributed by atoms with Crippen LogP contribution in [0.15, 0.2) is 108 Å². The van der Waals surface area contributed by atoms with Crippen LogP contribution in [0.1, 0.15) is 60.7 Å². The van der Waals surface area contributed by atoms with Crippen molar-refractivity contribution in [1.82, 2.24) is 5.01 Å². The van der Waals surface area contributed by atoms with Gasteiger partial charge in [0.2, 0.25) is 6.23 Å². The molecule has 5 heteroatoms. The number of benzene rings is 4. The summed E-state index contributed by atoms with van der Waals surface area (Å²) >= 11 is 0. The quantitative estimate of drug-likeness (QED) is 0.219. The predicted octanol–water partition coefficient (Wildman–Crippen LogP) is 7.69. The van der Waals surface area contributed by atoms with E-state index in [9.17, 15) is 0 Å². The third-order valence-electron chi connectivity index (χ3n) is 7.07. The highest BCUT2D eigenvalue weighted by atomic mass is 16.5. The van der Waals surface area contributed by atoms with Crippen molar-refractivity contribution >= 4 is 5.71 Å². The van der Waals surface area contributed by atoms with Crippen LogP contribution in [-0.4, -0.2) is 17.3 Å². The number of para-hydroxylation sites is 1. The van der Waals surface area contributed by atoms with Gasteiger partial charge in [0.15, 0.2) is 0 Å². The molecule has 0 saturated carbocycles. The zero-order chi connectivity index (χ0) is 25.7. The lowest BCUT2D eigenvalue weighted by molar-refractivity contribution is -0.0190. The molecule has 6 rings (SSSR count). The molecule has 0 radical (unpaired) electrons. The first-order valence-electron chi connectivity index (χ1n) is 13.4. The first-order chi connectivity index (χ1) is 18.8. The van der Waals surface area contributed by atoms with Gasteiger partial charge in [0.1, 0.15) is 23.9 Å². The Morgan fingerprint density at radius 3 is 2.32 bits per heavy atom. The van der Waals surface area contributed by atoms with Crippen molar-refractivity contribution in [3.63, 3.8) is 0 Å². The molecule has 0 aliphatic carbocycles. The maximum atomic E-state index is 6.52. The molecule has 2 atom stereocenters. The van der Waals surface area contributed by atoms with Crippen LogP contribution in [0.3, 0.4) is 0 Å². The van der Waals surface area contributed by atoms with Crippen LogP contribution in [0.25, 0.3) is 0 Å². The first kappa shape index (κ1) is 24.1. The van der Waals surface area contributed by atoms with Crippen molar-refractivity contribution in [1.29, 1.82) is 0 Å². The molecule has 2 aliphatic rings. The molecule has 0 saturated heterocycles. The monoisotopic (exact) mass is 504 g/mol. The van der Waals surface area contributed by atoms with Crippen molar-refractivity contribution in [3.05, 3.63) is 125 Å². The Bertz CT molecular complexity index is 1380. The number of fused-ring (bicyclic) bond motifs is 3. The van der Waals surface area contributed by atoms with E-state index in [0.717, 1.165) is 65.5 Å². The number of hydrazone groups is 1. The zero-order valence-electron chi connectivity index (χ0n) is 21.6. The fraction of sp³-hybridized carbons (Fsp3) is 0.242. The van der Waals surface area contributed by atoms with Gasteiger partial charge in [-0.3, -0.25) is 0 Å². The SMILES string of the molecule is CCCCOc1ccc(C2=NN3C(C2)c2ccccc2OC3c2ccc(OCc3ccccc3)cc2)cc1. The fourth-order valence-corrected chi connectivity index (χ4v) is 4.98. The van der Waals surface area contributed by atoms with Crippen LogP contribution in [-0.2, 0) is 6.61 Å². The molecule has 0 bridgehead atoms. The minimum absolute atomic E-state index is 0.120. The van der Waals surface area contributed by atoms with Gasteiger partial charge in [-0.25, -0.2) is 5.01 Å². The number of hydrogen-bond acceptors (Lipinski definition) is 5. The van der Waals surface area contributed by atoms with E-state index in [1.807, 2.05) is 48.5 Å². The van der Waals surface area contributed by atoms with Crippen LogP contribution in [0, 0.1) is 0 Å². The molecule has 4 aromatic rings. The fourth-order valence-electron chi connectivity index (χ4n) is 4.98. The average Bonchev–Trinajstić information content (AvgIpc) is 3.43. The van der Waals surface area contributed by atoms with Crippen LogP contribution < -0.4 is 14.2 Å². The Balaban J connectivity index is 1.22. The lowest BCUT2D eigenvalue weighted by atomic mass is 9.96. The standard InChI is InChI=1S/C33H32N2O3/c1-2-3-21-36-27-17-13-25(14-18-27)30-22-31-29-11-7-8-12-32(29)38-33(35(31)34-30)26-15-19-28(20-16-26)37-23-24-9-5-4-6-10-24/h4-20,31,33H,2-3,21-23H2,1H3. The number of ether oxygens (including phenoxy) is 3. The summed E-state index contributed by atoms with van der Waals surface area (Å²) in [5.74, 6) is 2.65. The maximum absolute atomic E-state index is 6.52. The third-order valence-corrected chi connectivity index (χ3v) is 7.07. The van der Waals surface area contributed by atoms with E-state index >= 15 is 0 Å². The van der Waals surface area contributed by atoms with Crippen LogP contribution >= 0.6 is 0 Å². The van der Waals surface area contributed by atoms with Crippen molar-refractivity contribution in [2.75, 3.05) is 6.61 Å². The highest BCUT2D eigenvalue weighted by Crippen LogP contribution is 2.47. The van der Waals surface area contributed by atoms with Crippen LogP contribution in [0.4, 0.5) is 0 Å². The number of nitrogens with zero attached hydrogens (tertiary/aromatic N) is 2. The Morgan fingerprint density at radius 2 is 1.53 bits per heavy atom. The number of unbranched alkanes of at least 4 members (excludes halogenated alkanes) is 1. The minimum atomic E-state index is -0.313. The van der Waals surface area contributed by atoms with E-state index in [-0.39, 0.29) is 12.3 Å². The van der Waals surface area contributed by atoms with E-state index in [1.54, 1.807) is 0 Å². The Labute approximate surface area is 224 Å². The van der Waals surface area contributed by atoms with Gasteiger partial charge < -0.3 is 14.2 Å². The summed E-state index contributed by atoms with van der Waals surface area (Å²) in [5.41, 5.74) is 5.53. The second-order valence-corrected chi connectivity index (χ2v) is 9.72. The van der Waals surface area contributed by atoms with Gasteiger partial charge in [0, 0.05) is 17.5 Å². The Hall–Kier alpha value is -4.25. The normalized spacial score (nSPS) is 17.7. The average molecular weight is 505 g/mol. The Kier molecular flexibility index (Phi) is 6.99. The van der Waals surface area contributed by atoms with E-state index in [4.69, 9.17) is 19.3 Å². The molecular weight excluding hydrogens is 472 g/mol. The topological polar surface area (TPSA) is 43.3 Å². The van der Waals surface area contributed by atoms with E-state index in [2.05, 4.69) is 66.5 Å². The van der Waals surface area contributed by atoms with Gasteiger partial charge in [-0.05, 0) is 72.1 Å². The van der Waals surface area contributed by atoms with Crippen LogP contribution in [0.5, 0.6) is 17.2 Å². The lowest BCUT2D eigenvalue weighted by Crippen LogP contribution is -2.33. The van der Waals surface area contributed by atoms with Gasteiger partial charge in [-0.1, -0.05) is 61.9 Å². The summed E-state index contributed by atoms with van der Waals surface area (Å²) in [5, 5.41) is 7.21. The molecule has 0 fully saturated rings. The summed E-state index contributed by atoms with van der Waals surface area (Å²) in [7, 11) is 0. The predicted molar refractivity (Wildman–Crippen MR) is 150 cm³/mol. The minimum Gasteiger partial charge on any atom is -0.494 e. The molecule has 2 heterocycles. The van der Waals surface area contributed by atoms with Gasteiger partial charge in [0.25, 0.3) is 0 Å². The molecule has 38 heavy (non-hydrogen) atoms. The summed E-state index contributed by atoms with van der Waals surface area (Å²) in [6, 6.07) is 35.1. The molecule has 2 aliphatic heterocycles. The molecule has 0 spiro atoms. The molecular formula is C33H32N2O3. The van der Waals surface area contributed by atoms with E-state index in [0.29, 0.717) is 6.61 Å². The summed E-state index contributed by atoms with van der Waals surface area (Å²) in [6.07, 6.45) is 2.70. The van der Waals surface area contributed by atoms with Gasteiger partial charge >= 0.3 is 0 Å². The van der Waals surface area contributed by atoms with E-state index < -0.39 is 0 Å². The van der Waals surface area contributed by atoms with Crippen molar-refractivity contribution in [2.24, 2.45) is 5.10 Å². The Morgan fingerprint density at radius 1 is 0.816 bits per heavy atom. The van der Waals surface area contributed by atoms with Crippen molar-refractivity contribution < 1.29 is 14.2 Å². The molecule has 2 unspecified atom stereocenters.